The minimum Gasteiger partial charge on any atom is -0.390 e. The highest BCUT2D eigenvalue weighted by molar-refractivity contribution is 5.95. The van der Waals surface area contributed by atoms with Crippen LogP contribution in [0.1, 0.15) is 48.0 Å². The standard InChI is InChI=1S/C30H36N4O4/c31-19-25(35)20-34(33-28(36)17-15-21-14-16-22-8-4-5-11-24(22)18-21)30(38)26-12-6-7-13-27(26)32-29(37)23-9-2-1-3-10-23/h1-5,8-11,14,16,18,25-27,35H,6-7,12-13,15,17,19-20,31H2,(H,32,37)(H,33,36)/t25?,26?,27-/m1/s1. The molecule has 3 amide bonds. The van der Waals surface area contributed by atoms with Gasteiger partial charge in [0.2, 0.25) is 11.8 Å². The van der Waals surface area contributed by atoms with Crippen molar-refractivity contribution < 1.29 is 19.5 Å². The molecule has 4 rings (SSSR count). The van der Waals surface area contributed by atoms with Crippen molar-refractivity contribution in [3.63, 3.8) is 0 Å². The maximum Gasteiger partial charge on any atom is 0.251 e. The van der Waals surface area contributed by atoms with E-state index in [2.05, 4.69) is 16.8 Å². The van der Waals surface area contributed by atoms with Crippen LogP contribution in [0.5, 0.6) is 0 Å². The van der Waals surface area contributed by atoms with Crippen molar-refractivity contribution in [2.75, 3.05) is 13.1 Å². The molecule has 8 nitrogen and oxygen atoms in total. The van der Waals surface area contributed by atoms with E-state index >= 15 is 0 Å². The van der Waals surface area contributed by atoms with Crippen molar-refractivity contribution in [3.05, 3.63) is 83.9 Å². The van der Waals surface area contributed by atoms with Crippen LogP contribution in [-0.2, 0) is 16.0 Å². The molecule has 1 saturated carbocycles. The molecule has 0 radical (unpaired) electrons. The van der Waals surface area contributed by atoms with Gasteiger partial charge < -0.3 is 16.2 Å². The number of hydrogen-bond donors (Lipinski definition) is 4. The summed E-state index contributed by atoms with van der Waals surface area (Å²) < 4.78 is 0. The fourth-order valence-electron chi connectivity index (χ4n) is 4.98. The average Bonchev–Trinajstić information content (AvgIpc) is 2.96. The molecular weight excluding hydrogens is 480 g/mol. The molecule has 0 bridgehead atoms. The molecule has 0 aromatic heterocycles. The van der Waals surface area contributed by atoms with Crippen molar-refractivity contribution in [1.29, 1.82) is 0 Å². The van der Waals surface area contributed by atoms with Crippen molar-refractivity contribution in [3.8, 4) is 0 Å². The number of aryl methyl sites for hydroxylation is 1. The van der Waals surface area contributed by atoms with Crippen LogP contribution in [0.4, 0.5) is 0 Å². The summed E-state index contributed by atoms with van der Waals surface area (Å²) in [6.45, 7) is -0.164. The first kappa shape index (κ1) is 27.3. The van der Waals surface area contributed by atoms with E-state index in [1.54, 1.807) is 24.3 Å². The molecular formula is C30H36N4O4. The van der Waals surface area contributed by atoms with Crippen LogP contribution in [0, 0.1) is 5.92 Å². The molecule has 0 saturated heterocycles. The van der Waals surface area contributed by atoms with Gasteiger partial charge in [-0.15, -0.1) is 0 Å². The van der Waals surface area contributed by atoms with Crippen molar-refractivity contribution in [2.45, 2.75) is 50.7 Å². The second-order valence-electron chi connectivity index (χ2n) is 9.89. The molecule has 0 heterocycles. The third kappa shape index (κ3) is 7.18. The number of amides is 3. The Balaban J connectivity index is 1.41. The number of hydrazine groups is 1. The summed E-state index contributed by atoms with van der Waals surface area (Å²) in [4.78, 5) is 39.3. The Hall–Kier alpha value is -3.75. The fourth-order valence-corrected chi connectivity index (χ4v) is 4.98. The van der Waals surface area contributed by atoms with Gasteiger partial charge in [0.05, 0.1) is 18.6 Å². The molecule has 8 heteroatoms. The zero-order chi connectivity index (χ0) is 26.9. The van der Waals surface area contributed by atoms with Crippen LogP contribution < -0.4 is 16.5 Å². The van der Waals surface area contributed by atoms with Gasteiger partial charge in [-0.1, -0.05) is 73.5 Å². The highest BCUT2D eigenvalue weighted by Crippen LogP contribution is 2.27. The minimum absolute atomic E-state index is 0.0461. The van der Waals surface area contributed by atoms with Gasteiger partial charge in [-0.2, -0.15) is 0 Å². The third-order valence-electron chi connectivity index (χ3n) is 7.08. The summed E-state index contributed by atoms with van der Waals surface area (Å²) in [7, 11) is 0. The number of nitrogens with zero attached hydrogens (tertiary/aromatic N) is 1. The van der Waals surface area contributed by atoms with Crippen LogP contribution in [0.15, 0.2) is 72.8 Å². The molecule has 1 aliphatic carbocycles. The maximum atomic E-state index is 13.6. The van der Waals surface area contributed by atoms with Gasteiger partial charge in [0.1, 0.15) is 0 Å². The van der Waals surface area contributed by atoms with Crippen LogP contribution in [0.3, 0.4) is 0 Å². The molecule has 2 unspecified atom stereocenters. The summed E-state index contributed by atoms with van der Waals surface area (Å²) in [5, 5.41) is 16.7. The van der Waals surface area contributed by atoms with E-state index in [1.807, 2.05) is 42.5 Å². The number of rotatable bonds is 9. The lowest BCUT2D eigenvalue weighted by Gasteiger charge is -2.35. The normalized spacial score (nSPS) is 17.9. The van der Waals surface area contributed by atoms with E-state index in [9.17, 15) is 19.5 Å². The zero-order valence-electron chi connectivity index (χ0n) is 21.5. The van der Waals surface area contributed by atoms with Gasteiger partial charge in [-0.3, -0.25) is 24.8 Å². The molecule has 3 atom stereocenters. The second-order valence-corrected chi connectivity index (χ2v) is 9.89. The number of carbonyl (C=O) groups excluding carboxylic acids is 3. The molecule has 1 fully saturated rings. The van der Waals surface area contributed by atoms with Crippen LogP contribution in [0.2, 0.25) is 0 Å². The topological polar surface area (TPSA) is 125 Å². The lowest BCUT2D eigenvalue weighted by Crippen LogP contribution is -2.56. The highest BCUT2D eigenvalue weighted by Gasteiger charge is 2.36. The van der Waals surface area contributed by atoms with E-state index in [0.717, 1.165) is 29.2 Å². The molecule has 0 aliphatic heterocycles. The van der Waals surface area contributed by atoms with Crippen molar-refractivity contribution in [2.24, 2.45) is 11.7 Å². The quantitative estimate of drug-likeness (QED) is 0.326. The molecule has 38 heavy (non-hydrogen) atoms. The lowest BCUT2D eigenvalue weighted by atomic mass is 9.83. The van der Waals surface area contributed by atoms with Gasteiger partial charge in [0, 0.05) is 24.6 Å². The summed E-state index contributed by atoms with van der Waals surface area (Å²) in [5.41, 5.74) is 9.87. The van der Waals surface area contributed by atoms with E-state index in [0.29, 0.717) is 24.8 Å². The molecule has 1 aliphatic rings. The predicted octanol–water partition coefficient (Wildman–Crippen LogP) is 2.94. The molecule has 3 aromatic rings. The maximum absolute atomic E-state index is 13.6. The number of fused-ring (bicyclic) bond motifs is 1. The first-order valence-corrected chi connectivity index (χ1v) is 13.3. The van der Waals surface area contributed by atoms with Gasteiger partial charge in [0.25, 0.3) is 5.91 Å². The SMILES string of the molecule is NCC(O)CN(NC(=O)CCc1ccc2ccccc2c1)C(=O)C1CCCC[C@H]1NC(=O)c1ccccc1. The third-order valence-corrected chi connectivity index (χ3v) is 7.08. The zero-order valence-corrected chi connectivity index (χ0v) is 21.5. The highest BCUT2D eigenvalue weighted by atomic mass is 16.3. The predicted molar refractivity (Wildman–Crippen MR) is 147 cm³/mol. The number of hydrogen-bond acceptors (Lipinski definition) is 5. The number of aliphatic hydroxyl groups is 1. The largest absolute Gasteiger partial charge is 0.390 e. The van der Waals surface area contributed by atoms with Gasteiger partial charge in [-0.05, 0) is 47.7 Å². The van der Waals surface area contributed by atoms with E-state index < -0.39 is 12.0 Å². The first-order valence-electron chi connectivity index (χ1n) is 13.3. The van der Waals surface area contributed by atoms with Gasteiger partial charge in [-0.25, -0.2) is 0 Å². The Morgan fingerprint density at radius 2 is 1.66 bits per heavy atom. The smallest absolute Gasteiger partial charge is 0.251 e. The van der Waals surface area contributed by atoms with E-state index in [1.165, 1.54) is 5.01 Å². The number of nitrogens with two attached hydrogens (primary N) is 1. The minimum atomic E-state index is -0.985. The first-order chi connectivity index (χ1) is 18.4. The van der Waals surface area contributed by atoms with E-state index in [4.69, 9.17) is 5.73 Å². The number of aliphatic hydroxyl groups excluding tert-OH is 1. The average molecular weight is 517 g/mol. The molecule has 200 valence electrons. The number of carbonyl (C=O) groups is 3. The van der Waals surface area contributed by atoms with Gasteiger partial charge in [0.15, 0.2) is 0 Å². The molecule has 0 spiro atoms. The van der Waals surface area contributed by atoms with Crippen molar-refractivity contribution >= 4 is 28.5 Å². The molecule has 5 N–H and O–H groups in total. The van der Waals surface area contributed by atoms with Gasteiger partial charge >= 0.3 is 0 Å². The van der Waals surface area contributed by atoms with E-state index in [-0.39, 0.29) is 43.3 Å². The molecule has 3 aromatic carbocycles. The number of nitrogens with one attached hydrogen (secondary N) is 2. The van der Waals surface area contributed by atoms with Crippen LogP contribution in [-0.4, -0.2) is 53.1 Å². The van der Waals surface area contributed by atoms with Crippen LogP contribution >= 0.6 is 0 Å². The Bertz CT molecular complexity index is 1250. The monoisotopic (exact) mass is 516 g/mol. The summed E-state index contributed by atoms with van der Waals surface area (Å²) in [6, 6.07) is 22.7. The Kier molecular flexibility index (Phi) is 9.46. The fraction of sp³-hybridized carbons (Fsp3) is 0.367. The summed E-state index contributed by atoms with van der Waals surface area (Å²) >= 11 is 0. The lowest BCUT2D eigenvalue weighted by molar-refractivity contribution is -0.148. The Labute approximate surface area is 223 Å². The summed E-state index contributed by atoms with van der Waals surface area (Å²) in [6.07, 6.45) is 2.70. The number of benzene rings is 3. The second kappa shape index (κ2) is 13.2. The Morgan fingerprint density at radius 3 is 2.42 bits per heavy atom. The summed E-state index contributed by atoms with van der Waals surface area (Å²) in [5.74, 6) is -1.39. The Morgan fingerprint density at radius 1 is 0.947 bits per heavy atom. The van der Waals surface area contributed by atoms with Crippen molar-refractivity contribution in [1.82, 2.24) is 15.8 Å². The van der Waals surface area contributed by atoms with Crippen LogP contribution in [0.25, 0.3) is 10.8 Å².